The van der Waals surface area contributed by atoms with Gasteiger partial charge in [0.15, 0.2) is 11.5 Å². The molecule has 3 aliphatic rings. The lowest BCUT2D eigenvalue weighted by Crippen LogP contribution is -2.24. The highest BCUT2D eigenvalue weighted by Crippen LogP contribution is 2.37. The third-order valence-corrected chi connectivity index (χ3v) is 5.05. The maximum Gasteiger partial charge on any atom is 0.231 e. The summed E-state index contributed by atoms with van der Waals surface area (Å²) in [5.41, 5.74) is 1.28. The van der Waals surface area contributed by atoms with Gasteiger partial charge in [0.05, 0.1) is 12.7 Å². The Kier molecular flexibility index (Phi) is 3.94. The number of benzene rings is 1. The van der Waals surface area contributed by atoms with Gasteiger partial charge in [-0.2, -0.15) is 0 Å². The monoisotopic (exact) mass is 305 g/mol. The van der Waals surface area contributed by atoms with Crippen molar-refractivity contribution < 1.29 is 18.9 Å². The largest absolute Gasteiger partial charge is 0.454 e. The van der Waals surface area contributed by atoms with E-state index in [0.717, 1.165) is 50.8 Å². The smallest absolute Gasteiger partial charge is 0.231 e. The molecule has 2 saturated heterocycles. The molecular formula is C17H23NO4. The first-order valence-corrected chi connectivity index (χ1v) is 8.05. The van der Waals surface area contributed by atoms with Crippen LogP contribution in [0.5, 0.6) is 11.5 Å². The van der Waals surface area contributed by atoms with E-state index in [1.807, 2.05) is 6.07 Å². The van der Waals surface area contributed by atoms with E-state index >= 15 is 0 Å². The molecule has 0 amide bonds. The maximum atomic E-state index is 5.99. The predicted octanol–water partition coefficient (Wildman–Crippen LogP) is 1.90. The lowest BCUT2D eigenvalue weighted by Gasteiger charge is -2.19. The molecule has 0 spiro atoms. The van der Waals surface area contributed by atoms with Crippen LogP contribution in [0.3, 0.4) is 0 Å². The van der Waals surface area contributed by atoms with Crippen molar-refractivity contribution >= 4 is 0 Å². The number of hydrogen-bond acceptors (Lipinski definition) is 5. The minimum Gasteiger partial charge on any atom is -0.454 e. The molecule has 3 heterocycles. The molecule has 5 heteroatoms. The summed E-state index contributed by atoms with van der Waals surface area (Å²) in [7, 11) is 1.77. The van der Waals surface area contributed by atoms with E-state index in [2.05, 4.69) is 17.0 Å². The highest BCUT2D eigenvalue weighted by Gasteiger charge is 2.43. The van der Waals surface area contributed by atoms with Crippen LogP contribution >= 0.6 is 0 Å². The van der Waals surface area contributed by atoms with Crippen molar-refractivity contribution in [2.24, 2.45) is 11.8 Å². The molecular weight excluding hydrogens is 282 g/mol. The molecule has 3 atom stereocenters. The van der Waals surface area contributed by atoms with Crippen LogP contribution in [0.4, 0.5) is 0 Å². The maximum absolute atomic E-state index is 5.99. The quantitative estimate of drug-likeness (QED) is 0.831. The van der Waals surface area contributed by atoms with Crippen molar-refractivity contribution in [2.45, 2.75) is 19.1 Å². The number of ether oxygens (including phenoxy) is 4. The fourth-order valence-corrected chi connectivity index (χ4v) is 3.87. The molecule has 22 heavy (non-hydrogen) atoms. The fraction of sp³-hybridized carbons (Fsp3) is 0.647. The Hall–Kier alpha value is -1.30. The third-order valence-electron chi connectivity index (χ3n) is 5.05. The van der Waals surface area contributed by atoms with Crippen molar-refractivity contribution in [1.82, 2.24) is 4.90 Å². The van der Waals surface area contributed by atoms with Crippen molar-refractivity contribution in [3.05, 3.63) is 23.8 Å². The molecule has 0 radical (unpaired) electrons. The average molecular weight is 305 g/mol. The lowest BCUT2D eigenvalue weighted by atomic mass is 9.91. The molecule has 4 rings (SSSR count). The van der Waals surface area contributed by atoms with Crippen LogP contribution in [0.25, 0.3) is 0 Å². The van der Waals surface area contributed by atoms with Gasteiger partial charge >= 0.3 is 0 Å². The predicted molar refractivity (Wildman–Crippen MR) is 81.1 cm³/mol. The van der Waals surface area contributed by atoms with Gasteiger partial charge in [0.25, 0.3) is 0 Å². The Morgan fingerprint density at radius 3 is 3.05 bits per heavy atom. The molecule has 0 aliphatic carbocycles. The zero-order chi connectivity index (χ0) is 14.9. The standard InChI is InChI=1S/C17H23NO4/c1-19-5-4-13-10-20-17-9-18(8-14(13)17)7-12-2-3-15-16(6-12)22-11-21-15/h2-3,6,13-14,17H,4-5,7-11H2,1H3/t13-,14-,17-/m0/s1. The second kappa shape index (κ2) is 6.07. The van der Waals surface area contributed by atoms with Crippen LogP contribution in [-0.2, 0) is 16.0 Å². The highest BCUT2D eigenvalue weighted by molar-refractivity contribution is 5.44. The third kappa shape index (κ3) is 2.69. The normalized spacial score (nSPS) is 30.0. The van der Waals surface area contributed by atoms with Crippen molar-refractivity contribution in [3.63, 3.8) is 0 Å². The highest BCUT2D eigenvalue weighted by atomic mass is 16.7. The van der Waals surface area contributed by atoms with Crippen LogP contribution < -0.4 is 9.47 Å². The average Bonchev–Trinajstić information content (AvgIpc) is 3.20. The second-order valence-corrected chi connectivity index (χ2v) is 6.46. The van der Waals surface area contributed by atoms with E-state index in [1.165, 1.54) is 5.56 Å². The minimum absolute atomic E-state index is 0.335. The molecule has 2 fully saturated rings. The summed E-state index contributed by atoms with van der Waals surface area (Å²) < 4.78 is 22.0. The van der Waals surface area contributed by atoms with Gasteiger partial charge in [0.2, 0.25) is 6.79 Å². The van der Waals surface area contributed by atoms with Gasteiger partial charge in [-0.3, -0.25) is 4.90 Å². The Bertz CT molecular complexity index is 535. The summed E-state index contributed by atoms with van der Waals surface area (Å²) in [6.45, 7) is 5.16. The summed E-state index contributed by atoms with van der Waals surface area (Å²) >= 11 is 0. The number of fused-ring (bicyclic) bond motifs is 2. The first kappa shape index (κ1) is 14.3. The van der Waals surface area contributed by atoms with Gasteiger partial charge in [0.1, 0.15) is 0 Å². The zero-order valence-electron chi connectivity index (χ0n) is 13.0. The number of likely N-dealkylation sites (tertiary alicyclic amines) is 1. The number of nitrogens with zero attached hydrogens (tertiary/aromatic N) is 1. The van der Waals surface area contributed by atoms with Crippen LogP contribution in [0.2, 0.25) is 0 Å². The first-order valence-electron chi connectivity index (χ1n) is 8.05. The fourth-order valence-electron chi connectivity index (χ4n) is 3.87. The molecule has 3 aliphatic heterocycles. The molecule has 1 aromatic carbocycles. The molecule has 1 aromatic rings. The second-order valence-electron chi connectivity index (χ2n) is 6.46. The Labute approximate surface area is 131 Å². The van der Waals surface area contributed by atoms with E-state index in [-0.39, 0.29) is 0 Å². The van der Waals surface area contributed by atoms with Crippen molar-refractivity contribution in [3.8, 4) is 11.5 Å². The summed E-state index contributed by atoms with van der Waals surface area (Å²) in [4.78, 5) is 2.49. The molecule has 0 unspecified atom stereocenters. The number of rotatable bonds is 5. The molecule has 5 nitrogen and oxygen atoms in total. The van der Waals surface area contributed by atoms with Crippen LogP contribution in [0.1, 0.15) is 12.0 Å². The Morgan fingerprint density at radius 2 is 2.14 bits per heavy atom. The minimum atomic E-state index is 0.335. The van der Waals surface area contributed by atoms with Crippen LogP contribution in [0, 0.1) is 11.8 Å². The summed E-state index contributed by atoms with van der Waals surface area (Å²) in [5, 5.41) is 0. The SMILES string of the molecule is COCC[C@H]1CO[C@H]2CN(Cc3ccc4c(c3)OCO4)C[C@@H]12. The van der Waals surface area contributed by atoms with Gasteiger partial charge in [0, 0.05) is 39.3 Å². The van der Waals surface area contributed by atoms with Crippen LogP contribution in [0.15, 0.2) is 18.2 Å². The van der Waals surface area contributed by atoms with Gasteiger partial charge in [-0.25, -0.2) is 0 Å². The first-order chi connectivity index (χ1) is 10.8. The van der Waals surface area contributed by atoms with Gasteiger partial charge in [-0.05, 0) is 30.0 Å². The van der Waals surface area contributed by atoms with Gasteiger partial charge in [-0.1, -0.05) is 6.07 Å². The molecule has 0 saturated carbocycles. The van der Waals surface area contributed by atoms with Gasteiger partial charge in [-0.15, -0.1) is 0 Å². The Balaban J connectivity index is 1.37. The zero-order valence-corrected chi connectivity index (χ0v) is 13.0. The molecule has 0 N–H and O–H groups in total. The van der Waals surface area contributed by atoms with E-state index in [0.29, 0.717) is 24.7 Å². The van der Waals surface area contributed by atoms with Crippen molar-refractivity contribution in [2.75, 3.05) is 40.2 Å². The van der Waals surface area contributed by atoms with E-state index in [4.69, 9.17) is 18.9 Å². The van der Waals surface area contributed by atoms with E-state index in [1.54, 1.807) is 7.11 Å². The van der Waals surface area contributed by atoms with Crippen molar-refractivity contribution in [1.29, 1.82) is 0 Å². The molecule has 0 bridgehead atoms. The summed E-state index contributed by atoms with van der Waals surface area (Å²) in [6.07, 6.45) is 1.51. The number of methoxy groups -OCH3 is 1. The topological polar surface area (TPSA) is 40.2 Å². The summed E-state index contributed by atoms with van der Waals surface area (Å²) in [5.74, 6) is 3.02. The summed E-state index contributed by atoms with van der Waals surface area (Å²) in [6, 6.07) is 6.23. The van der Waals surface area contributed by atoms with Gasteiger partial charge < -0.3 is 18.9 Å². The lowest BCUT2D eigenvalue weighted by molar-refractivity contribution is 0.0904. The van der Waals surface area contributed by atoms with Crippen LogP contribution in [-0.4, -0.2) is 51.2 Å². The molecule has 0 aromatic heterocycles. The molecule has 120 valence electrons. The van der Waals surface area contributed by atoms with E-state index in [9.17, 15) is 0 Å². The van der Waals surface area contributed by atoms with E-state index < -0.39 is 0 Å². The number of hydrogen-bond donors (Lipinski definition) is 0. The Morgan fingerprint density at radius 1 is 1.23 bits per heavy atom.